The molecule has 0 radical (unpaired) electrons. The summed E-state index contributed by atoms with van der Waals surface area (Å²) in [5, 5.41) is 0. The van der Waals surface area contributed by atoms with E-state index in [0.717, 1.165) is 39.3 Å². The Morgan fingerprint density at radius 3 is 2.29 bits per heavy atom. The molecule has 5 nitrogen and oxygen atoms in total. The Balaban J connectivity index is 1.74. The average Bonchev–Trinajstić information content (AvgIpc) is 2.99. The fourth-order valence-electron chi connectivity index (χ4n) is 3.44. The lowest BCUT2D eigenvalue weighted by Crippen LogP contribution is -2.40. The van der Waals surface area contributed by atoms with Crippen LogP contribution in [0.5, 0.6) is 0 Å². The van der Waals surface area contributed by atoms with Crippen LogP contribution in [-0.4, -0.2) is 43.0 Å². The molecule has 0 N–H and O–H groups in total. The van der Waals surface area contributed by atoms with Gasteiger partial charge in [-0.05, 0) is 37.3 Å². The lowest BCUT2D eigenvalue weighted by molar-refractivity contribution is -0.137. The fraction of sp³-hybridized carbons (Fsp3) is 0.273. The predicted octanol–water partition coefficient (Wildman–Crippen LogP) is 4.22. The number of alkyl halides is 3. The number of thioether (sulfide) groups is 1. The number of morpholine rings is 1. The summed E-state index contributed by atoms with van der Waals surface area (Å²) >= 11 is 1.14. The van der Waals surface area contributed by atoms with Crippen LogP contribution >= 0.6 is 11.8 Å². The van der Waals surface area contributed by atoms with Gasteiger partial charge in [0, 0.05) is 18.0 Å². The van der Waals surface area contributed by atoms with Gasteiger partial charge in [0.2, 0.25) is 0 Å². The maximum Gasteiger partial charge on any atom is 0.416 e. The number of aryl methyl sites for hydroxylation is 1. The van der Waals surface area contributed by atoms with Crippen molar-refractivity contribution in [1.82, 2.24) is 4.90 Å². The molecular formula is C22H19F3N2O3S. The molecule has 2 aromatic carbocycles. The number of carbonyl (C=O) groups is 2. The summed E-state index contributed by atoms with van der Waals surface area (Å²) < 4.78 is 44.9. The minimum absolute atomic E-state index is 0.102. The molecule has 1 saturated heterocycles. The molecular weight excluding hydrogens is 429 g/mol. The Labute approximate surface area is 181 Å². The van der Waals surface area contributed by atoms with Gasteiger partial charge in [-0.2, -0.15) is 13.2 Å². The van der Waals surface area contributed by atoms with E-state index in [0.29, 0.717) is 26.3 Å². The molecule has 4 rings (SSSR count). The van der Waals surface area contributed by atoms with Gasteiger partial charge in [-0.15, -0.1) is 0 Å². The van der Waals surface area contributed by atoms with Crippen LogP contribution in [0.25, 0.3) is 0 Å². The molecule has 2 heterocycles. The standard InChI is InChI=1S/C22H19F3N2O3S/c1-14-5-7-17(8-6-14)31-19-18(26-9-11-30-12-10-26)20(28)27(21(19)29)16-4-2-3-15(13-16)22(23,24)25/h2-8,13H,9-12H2,1H3. The molecule has 2 aromatic rings. The quantitative estimate of drug-likeness (QED) is 0.656. The molecule has 162 valence electrons. The van der Waals surface area contributed by atoms with Crippen molar-refractivity contribution < 1.29 is 27.5 Å². The van der Waals surface area contributed by atoms with E-state index in [4.69, 9.17) is 4.74 Å². The lowest BCUT2D eigenvalue weighted by atomic mass is 10.2. The molecule has 0 aliphatic carbocycles. The molecule has 2 aliphatic rings. The largest absolute Gasteiger partial charge is 0.416 e. The van der Waals surface area contributed by atoms with E-state index >= 15 is 0 Å². The molecule has 9 heteroatoms. The third kappa shape index (κ3) is 4.33. The third-order valence-electron chi connectivity index (χ3n) is 5.02. The molecule has 0 spiro atoms. The lowest BCUT2D eigenvalue weighted by Gasteiger charge is -2.29. The number of benzene rings is 2. The number of anilines is 1. The summed E-state index contributed by atoms with van der Waals surface area (Å²) in [7, 11) is 0. The van der Waals surface area contributed by atoms with E-state index in [1.807, 2.05) is 31.2 Å². The van der Waals surface area contributed by atoms with Crippen LogP contribution in [0.4, 0.5) is 18.9 Å². The van der Waals surface area contributed by atoms with Gasteiger partial charge < -0.3 is 9.64 Å². The average molecular weight is 448 g/mol. The second-order valence-electron chi connectivity index (χ2n) is 7.19. The summed E-state index contributed by atoms with van der Waals surface area (Å²) in [6.45, 7) is 3.58. The van der Waals surface area contributed by atoms with E-state index < -0.39 is 23.6 Å². The Bertz CT molecular complexity index is 1040. The topological polar surface area (TPSA) is 49.9 Å². The first-order valence-corrected chi connectivity index (χ1v) is 10.4. The first kappa shape index (κ1) is 21.5. The van der Waals surface area contributed by atoms with Crippen molar-refractivity contribution in [2.24, 2.45) is 0 Å². The van der Waals surface area contributed by atoms with Gasteiger partial charge in [0.05, 0.1) is 24.5 Å². The summed E-state index contributed by atoms with van der Waals surface area (Å²) in [6.07, 6.45) is -4.58. The zero-order valence-corrected chi connectivity index (χ0v) is 17.4. The zero-order valence-electron chi connectivity index (χ0n) is 16.6. The highest BCUT2D eigenvalue weighted by atomic mass is 32.2. The van der Waals surface area contributed by atoms with Crippen LogP contribution in [0.1, 0.15) is 11.1 Å². The summed E-state index contributed by atoms with van der Waals surface area (Å²) in [5.74, 6) is -1.25. The van der Waals surface area contributed by atoms with Crippen molar-refractivity contribution in [3.8, 4) is 0 Å². The molecule has 31 heavy (non-hydrogen) atoms. The number of carbonyl (C=O) groups excluding carboxylic acids is 2. The summed E-state index contributed by atoms with van der Waals surface area (Å²) in [4.78, 5) is 30.2. The second kappa shape index (κ2) is 8.39. The maximum atomic E-state index is 13.3. The first-order valence-electron chi connectivity index (χ1n) is 9.63. The minimum Gasteiger partial charge on any atom is -0.378 e. The normalized spacial score (nSPS) is 17.7. The second-order valence-corrected chi connectivity index (χ2v) is 8.27. The van der Waals surface area contributed by atoms with E-state index in [9.17, 15) is 22.8 Å². The van der Waals surface area contributed by atoms with Gasteiger partial charge in [0.1, 0.15) is 10.6 Å². The monoisotopic (exact) mass is 448 g/mol. The van der Waals surface area contributed by atoms with Crippen LogP contribution in [-0.2, 0) is 20.5 Å². The Kier molecular flexibility index (Phi) is 5.81. The fourth-order valence-corrected chi connectivity index (χ4v) is 4.44. The van der Waals surface area contributed by atoms with Crippen molar-refractivity contribution in [1.29, 1.82) is 0 Å². The number of rotatable bonds is 4. The van der Waals surface area contributed by atoms with E-state index in [-0.39, 0.29) is 16.3 Å². The van der Waals surface area contributed by atoms with Crippen LogP contribution in [0, 0.1) is 6.92 Å². The van der Waals surface area contributed by atoms with Crippen LogP contribution in [0.2, 0.25) is 0 Å². The van der Waals surface area contributed by atoms with Crippen molar-refractivity contribution in [3.63, 3.8) is 0 Å². The van der Waals surface area contributed by atoms with E-state index in [2.05, 4.69) is 0 Å². The van der Waals surface area contributed by atoms with Crippen molar-refractivity contribution in [3.05, 3.63) is 70.3 Å². The highest BCUT2D eigenvalue weighted by Gasteiger charge is 2.43. The third-order valence-corrected chi connectivity index (χ3v) is 6.10. The van der Waals surface area contributed by atoms with Crippen LogP contribution in [0.15, 0.2) is 64.0 Å². The van der Waals surface area contributed by atoms with Gasteiger partial charge in [-0.1, -0.05) is 35.5 Å². The number of ether oxygens (including phenoxy) is 1. The van der Waals surface area contributed by atoms with E-state index in [1.165, 1.54) is 12.1 Å². The molecule has 2 aliphatic heterocycles. The summed E-state index contributed by atoms with van der Waals surface area (Å²) in [5.41, 5.74) is 0.232. The number of halogens is 3. The Morgan fingerprint density at radius 1 is 0.968 bits per heavy atom. The number of amides is 2. The highest BCUT2D eigenvalue weighted by Crippen LogP contribution is 2.40. The van der Waals surface area contributed by atoms with Gasteiger partial charge in [-0.25, -0.2) is 4.90 Å². The maximum absolute atomic E-state index is 13.3. The Hall–Kier alpha value is -2.78. The number of hydrogen-bond donors (Lipinski definition) is 0. The number of imide groups is 1. The summed E-state index contributed by atoms with van der Waals surface area (Å²) in [6, 6.07) is 11.7. The predicted molar refractivity (Wildman–Crippen MR) is 110 cm³/mol. The van der Waals surface area contributed by atoms with Gasteiger partial charge in [0.15, 0.2) is 0 Å². The molecule has 0 aromatic heterocycles. The van der Waals surface area contributed by atoms with Gasteiger partial charge in [-0.3, -0.25) is 9.59 Å². The van der Waals surface area contributed by atoms with Crippen LogP contribution in [0.3, 0.4) is 0 Å². The molecule has 2 amide bonds. The van der Waals surface area contributed by atoms with Gasteiger partial charge in [0.25, 0.3) is 11.8 Å². The van der Waals surface area contributed by atoms with Crippen molar-refractivity contribution in [2.75, 3.05) is 31.2 Å². The smallest absolute Gasteiger partial charge is 0.378 e. The molecule has 0 saturated carbocycles. The molecule has 1 fully saturated rings. The number of nitrogens with zero attached hydrogens (tertiary/aromatic N) is 2. The molecule has 0 unspecified atom stereocenters. The van der Waals surface area contributed by atoms with E-state index in [1.54, 1.807) is 4.90 Å². The first-order chi connectivity index (χ1) is 14.8. The number of hydrogen-bond acceptors (Lipinski definition) is 5. The van der Waals surface area contributed by atoms with Crippen molar-refractivity contribution >= 4 is 29.3 Å². The zero-order chi connectivity index (χ0) is 22.2. The van der Waals surface area contributed by atoms with Crippen molar-refractivity contribution in [2.45, 2.75) is 18.0 Å². The van der Waals surface area contributed by atoms with Crippen LogP contribution < -0.4 is 4.90 Å². The van der Waals surface area contributed by atoms with Gasteiger partial charge >= 0.3 is 6.18 Å². The SMILES string of the molecule is Cc1ccc(SC2=C(N3CCOCC3)C(=O)N(c3cccc(C(F)(F)F)c3)C2=O)cc1. The molecule has 0 atom stereocenters. The Morgan fingerprint density at radius 2 is 1.65 bits per heavy atom. The highest BCUT2D eigenvalue weighted by molar-refractivity contribution is 8.04. The molecule has 0 bridgehead atoms. The minimum atomic E-state index is -4.58.